The highest BCUT2D eigenvalue weighted by Crippen LogP contribution is 2.42. The van der Waals surface area contributed by atoms with Gasteiger partial charge in [0.05, 0.1) is 17.5 Å². The highest BCUT2D eigenvalue weighted by Gasteiger charge is 2.45. The van der Waals surface area contributed by atoms with E-state index in [0.29, 0.717) is 59.8 Å². The van der Waals surface area contributed by atoms with Crippen LogP contribution in [0.3, 0.4) is 0 Å². The van der Waals surface area contributed by atoms with E-state index in [1.54, 1.807) is 0 Å². The van der Waals surface area contributed by atoms with Crippen LogP contribution in [-0.2, 0) is 4.74 Å². The molecule has 4 heterocycles. The predicted molar refractivity (Wildman–Crippen MR) is 181 cm³/mol. The summed E-state index contributed by atoms with van der Waals surface area (Å²) < 4.78 is 27.5. The number of ether oxygens (including phenoxy) is 2. The van der Waals surface area contributed by atoms with Gasteiger partial charge in [-0.1, -0.05) is 59.1 Å². The topological polar surface area (TPSA) is 83.9 Å². The summed E-state index contributed by atoms with van der Waals surface area (Å²) in [6.45, 7) is 21.1. The molecule has 2 fully saturated rings. The molecule has 2 saturated heterocycles. The maximum absolute atomic E-state index is 15.8. The summed E-state index contributed by atoms with van der Waals surface area (Å²) >= 11 is 6.41. The van der Waals surface area contributed by atoms with Gasteiger partial charge in [-0.15, -0.1) is 5.54 Å². The molecule has 2 atom stereocenters. The van der Waals surface area contributed by atoms with E-state index >= 15 is 4.39 Å². The summed E-state index contributed by atoms with van der Waals surface area (Å²) in [5.74, 6) is 3.17. The van der Waals surface area contributed by atoms with E-state index in [4.69, 9.17) is 26.1 Å². The Hall–Kier alpha value is -2.68. The molecule has 0 aliphatic carbocycles. The third-order valence-corrected chi connectivity index (χ3v) is 15.7. The number of pyridine rings is 1. The molecule has 45 heavy (non-hydrogen) atoms. The van der Waals surface area contributed by atoms with Crippen LogP contribution in [0.5, 0.6) is 6.01 Å². The zero-order valence-electron chi connectivity index (χ0n) is 28.8. The standard InChI is InChI=1S/C33H50ClFN6O3Si/c1-20(2)45(21(3)4,22(5)6)17-14-25-26-28(27(35)29(34)36-25)37-31(43-16-15-39(10)11)38-30(26)40-18-23-12-13-24(19-40)41(23)32(42)44-33(7,8)9/h20-24H,12-13,15-16,18-19H2,1-11H3. The van der Waals surface area contributed by atoms with E-state index in [0.717, 1.165) is 12.8 Å². The van der Waals surface area contributed by atoms with Crippen molar-refractivity contribution in [3.05, 3.63) is 16.7 Å². The summed E-state index contributed by atoms with van der Waals surface area (Å²) in [4.78, 5) is 33.0. The number of hydrogen-bond donors (Lipinski definition) is 0. The average molecular weight is 661 g/mol. The van der Waals surface area contributed by atoms with Crippen molar-refractivity contribution in [1.29, 1.82) is 0 Å². The maximum Gasteiger partial charge on any atom is 0.410 e. The van der Waals surface area contributed by atoms with E-state index in [9.17, 15) is 4.79 Å². The molecule has 0 spiro atoms. The van der Waals surface area contributed by atoms with Gasteiger partial charge < -0.3 is 19.3 Å². The van der Waals surface area contributed by atoms with Crippen molar-refractivity contribution in [2.45, 2.75) is 109 Å². The van der Waals surface area contributed by atoms with E-state index in [1.807, 2.05) is 44.7 Å². The lowest BCUT2D eigenvalue weighted by molar-refractivity contribution is 0.0122. The first-order valence-corrected chi connectivity index (χ1v) is 18.7. The molecule has 1 amide bonds. The van der Waals surface area contributed by atoms with Crippen LogP contribution in [-0.4, -0.2) is 96.9 Å². The number of amides is 1. The summed E-state index contributed by atoms with van der Waals surface area (Å²) in [6, 6.07) is -0.0925. The predicted octanol–water partition coefficient (Wildman–Crippen LogP) is 6.92. The quantitative estimate of drug-likeness (QED) is 0.172. The molecule has 0 N–H and O–H groups in total. The van der Waals surface area contributed by atoms with E-state index in [-0.39, 0.29) is 34.9 Å². The molecule has 2 aliphatic heterocycles. The van der Waals surface area contributed by atoms with Crippen LogP contribution < -0.4 is 9.64 Å². The number of carbonyl (C=O) groups excluding carboxylic acids is 1. The van der Waals surface area contributed by atoms with Crippen LogP contribution >= 0.6 is 11.6 Å². The Bertz CT molecular complexity index is 1430. The molecule has 248 valence electrons. The number of fused-ring (bicyclic) bond motifs is 3. The van der Waals surface area contributed by atoms with Gasteiger partial charge in [-0.3, -0.25) is 4.90 Å². The number of hydrogen-bond acceptors (Lipinski definition) is 8. The molecule has 2 unspecified atom stereocenters. The van der Waals surface area contributed by atoms with Gasteiger partial charge in [-0.2, -0.15) is 9.97 Å². The lowest BCUT2D eigenvalue weighted by Crippen LogP contribution is -2.57. The zero-order chi connectivity index (χ0) is 33.4. The molecular weight excluding hydrogens is 611 g/mol. The average Bonchev–Trinajstić information content (AvgIpc) is 3.19. The third kappa shape index (κ3) is 7.33. The van der Waals surface area contributed by atoms with E-state index in [2.05, 4.69) is 67.9 Å². The van der Waals surface area contributed by atoms with E-state index in [1.165, 1.54) is 0 Å². The molecule has 2 bridgehead atoms. The number of carbonyl (C=O) groups is 1. The Morgan fingerprint density at radius 1 is 1.04 bits per heavy atom. The summed E-state index contributed by atoms with van der Waals surface area (Å²) in [7, 11) is 1.73. The maximum atomic E-state index is 15.8. The van der Waals surface area contributed by atoms with Crippen LogP contribution in [0.25, 0.3) is 10.9 Å². The second-order valence-corrected chi connectivity index (χ2v) is 20.5. The monoisotopic (exact) mass is 660 g/mol. The minimum absolute atomic E-state index is 0.0389. The Morgan fingerprint density at radius 2 is 1.62 bits per heavy atom. The molecule has 2 aromatic heterocycles. The van der Waals surface area contributed by atoms with Crippen LogP contribution in [0.15, 0.2) is 0 Å². The van der Waals surface area contributed by atoms with Gasteiger partial charge in [0, 0.05) is 19.6 Å². The van der Waals surface area contributed by atoms with E-state index < -0.39 is 19.5 Å². The van der Waals surface area contributed by atoms with Gasteiger partial charge >= 0.3 is 12.1 Å². The normalized spacial score (nSPS) is 18.8. The summed E-state index contributed by atoms with van der Waals surface area (Å²) in [6.07, 6.45) is 1.37. The molecular formula is C33H50ClFN6O3Si. The molecule has 9 nitrogen and oxygen atoms in total. The van der Waals surface area contributed by atoms with Gasteiger partial charge in [0.25, 0.3) is 0 Å². The van der Waals surface area contributed by atoms with Gasteiger partial charge in [0.2, 0.25) is 0 Å². The van der Waals surface area contributed by atoms with Crippen molar-refractivity contribution in [3.63, 3.8) is 0 Å². The number of rotatable bonds is 8. The Balaban J connectivity index is 1.88. The number of piperazine rings is 1. The molecule has 0 saturated carbocycles. The second-order valence-electron chi connectivity index (χ2n) is 14.6. The highest BCUT2D eigenvalue weighted by atomic mass is 35.5. The SMILES string of the molecule is CC(C)[Si](C#Cc1nc(Cl)c(F)c2nc(OCCN(C)C)nc(N3CC4CCC(C3)N4C(=O)OC(C)(C)C)c12)(C(C)C)C(C)C. The molecule has 2 aromatic rings. The Morgan fingerprint density at radius 3 is 2.13 bits per heavy atom. The fourth-order valence-corrected chi connectivity index (χ4v) is 12.5. The van der Waals surface area contributed by atoms with Crippen molar-refractivity contribution < 1.29 is 18.7 Å². The van der Waals surface area contributed by atoms with Gasteiger partial charge in [-0.05, 0) is 64.3 Å². The molecule has 12 heteroatoms. The number of anilines is 1. The third-order valence-electron chi connectivity index (χ3n) is 9.12. The molecule has 0 aromatic carbocycles. The first kappa shape index (κ1) is 35.2. The van der Waals surface area contributed by atoms with Crippen LogP contribution in [0, 0.1) is 17.3 Å². The zero-order valence-corrected chi connectivity index (χ0v) is 30.5. The minimum atomic E-state index is -2.16. The van der Waals surface area contributed by atoms with Crippen molar-refractivity contribution >= 4 is 42.5 Å². The fraction of sp³-hybridized carbons (Fsp3) is 0.697. The second kappa shape index (κ2) is 13.6. The molecule has 2 aliphatic rings. The Kier molecular flexibility index (Phi) is 10.6. The first-order chi connectivity index (χ1) is 21.0. The number of halogens is 2. The Labute approximate surface area is 274 Å². The lowest BCUT2D eigenvalue weighted by Gasteiger charge is -2.42. The van der Waals surface area contributed by atoms with Crippen molar-refractivity contribution in [1.82, 2.24) is 24.8 Å². The van der Waals surface area contributed by atoms with Crippen molar-refractivity contribution in [2.24, 2.45) is 0 Å². The molecule has 0 radical (unpaired) electrons. The van der Waals surface area contributed by atoms with Crippen LogP contribution in [0.4, 0.5) is 15.0 Å². The van der Waals surface area contributed by atoms with Gasteiger partial charge in [-0.25, -0.2) is 14.2 Å². The van der Waals surface area contributed by atoms with Crippen LogP contribution in [0.1, 0.15) is 80.8 Å². The lowest BCUT2D eigenvalue weighted by atomic mass is 10.1. The van der Waals surface area contributed by atoms with Crippen LogP contribution in [0.2, 0.25) is 21.8 Å². The number of aromatic nitrogens is 3. The summed E-state index contributed by atoms with van der Waals surface area (Å²) in [5.41, 5.74) is 4.73. The molecule has 4 rings (SSSR count). The van der Waals surface area contributed by atoms with Crippen molar-refractivity contribution in [2.75, 3.05) is 45.2 Å². The van der Waals surface area contributed by atoms with Gasteiger partial charge in [0.15, 0.2) is 11.0 Å². The highest BCUT2D eigenvalue weighted by molar-refractivity contribution is 6.90. The van der Waals surface area contributed by atoms with Gasteiger partial charge in [0.1, 0.15) is 37.3 Å². The fourth-order valence-electron chi connectivity index (χ4n) is 7.10. The minimum Gasteiger partial charge on any atom is -0.462 e. The van der Waals surface area contributed by atoms with Crippen molar-refractivity contribution in [3.8, 4) is 17.5 Å². The number of nitrogens with zero attached hydrogens (tertiary/aromatic N) is 6. The summed E-state index contributed by atoms with van der Waals surface area (Å²) in [5, 5.41) is 0.144. The smallest absolute Gasteiger partial charge is 0.410 e. The number of likely N-dealkylation sites (N-methyl/N-ethyl adjacent to an activating group) is 1. The largest absolute Gasteiger partial charge is 0.462 e. The first-order valence-electron chi connectivity index (χ1n) is 16.1.